The molecule has 0 saturated carbocycles. The molecule has 0 aromatic rings. The summed E-state index contributed by atoms with van der Waals surface area (Å²) >= 11 is 0. The summed E-state index contributed by atoms with van der Waals surface area (Å²) in [5.41, 5.74) is 1.29. The van der Waals surface area contributed by atoms with Crippen LogP contribution in [0.15, 0.2) is 4.99 Å². The van der Waals surface area contributed by atoms with Crippen LogP contribution >= 0.6 is 0 Å². The van der Waals surface area contributed by atoms with Gasteiger partial charge in [-0.2, -0.15) is 0 Å². The maximum absolute atomic E-state index is 4.10. The van der Waals surface area contributed by atoms with Crippen LogP contribution in [-0.2, 0) is 0 Å². The van der Waals surface area contributed by atoms with Crippen LogP contribution in [0.5, 0.6) is 0 Å². The molecule has 0 aliphatic carbocycles. The van der Waals surface area contributed by atoms with Gasteiger partial charge in [0.25, 0.3) is 0 Å². The first-order valence-electron chi connectivity index (χ1n) is 4.23. The zero-order chi connectivity index (χ0) is 7.82. The van der Waals surface area contributed by atoms with Crippen molar-refractivity contribution in [3.8, 4) is 0 Å². The summed E-state index contributed by atoms with van der Waals surface area (Å²) in [5, 5.41) is 0. The normalized spacial score (nSPS) is 12.1. The first-order valence-corrected chi connectivity index (χ1v) is 4.23. The highest BCUT2D eigenvalue weighted by Gasteiger charge is 1.89. The van der Waals surface area contributed by atoms with Crippen molar-refractivity contribution in [3.63, 3.8) is 0 Å². The van der Waals surface area contributed by atoms with E-state index < -0.39 is 0 Å². The maximum atomic E-state index is 4.10. The van der Waals surface area contributed by atoms with E-state index in [1.54, 1.807) is 0 Å². The van der Waals surface area contributed by atoms with Gasteiger partial charge in [-0.1, -0.05) is 26.2 Å². The molecule has 0 atom stereocenters. The predicted molar refractivity (Wildman–Crippen MR) is 47.8 cm³/mol. The molecule has 0 radical (unpaired) electrons. The van der Waals surface area contributed by atoms with Crippen molar-refractivity contribution in [1.82, 2.24) is 0 Å². The van der Waals surface area contributed by atoms with E-state index >= 15 is 0 Å². The second-order valence-corrected chi connectivity index (χ2v) is 2.77. The van der Waals surface area contributed by atoms with E-state index in [-0.39, 0.29) is 0 Å². The van der Waals surface area contributed by atoms with Gasteiger partial charge in [-0.3, -0.25) is 4.99 Å². The lowest BCUT2D eigenvalue weighted by Crippen LogP contribution is -1.90. The van der Waals surface area contributed by atoms with Crippen LogP contribution in [0, 0.1) is 0 Å². The minimum Gasteiger partial charge on any atom is -0.298 e. The molecule has 0 aromatic heterocycles. The highest BCUT2D eigenvalue weighted by Crippen LogP contribution is 2.02. The molecule has 1 heteroatoms. The first kappa shape index (κ1) is 9.67. The Morgan fingerprint density at radius 3 is 2.40 bits per heavy atom. The highest BCUT2D eigenvalue weighted by molar-refractivity contribution is 5.81. The zero-order valence-corrected chi connectivity index (χ0v) is 7.48. The molecule has 0 aromatic carbocycles. The van der Waals surface area contributed by atoms with E-state index in [2.05, 4.69) is 18.8 Å². The van der Waals surface area contributed by atoms with Crippen molar-refractivity contribution in [2.75, 3.05) is 7.05 Å². The predicted octanol–water partition coefficient (Wildman–Crippen LogP) is 3.05. The molecule has 0 amide bonds. The fourth-order valence-electron chi connectivity index (χ4n) is 0.919. The molecular formula is C9H19N. The Hall–Kier alpha value is -0.330. The van der Waals surface area contributed by atoms with Gasteiger partial charge in [0, 0.05) is 12.8 Å². The van der Waals surface area contributed by atoms with E-state index in [0.29, 0.717) is 0 Å². The highest BCUT2D eigenvalue weighted by atomic mass is 14.7. The van der Waals surface area contributed by atoms with E-state index in [1.165, 1.54) is 37.8 Å². The van der Waals surface area contributed by atoms with Crippen LogP contribution < -0.4 is 0 Å². The second-order valence-electron chi connectivity index (χ2n) is 2.77. The van der Waals surface area contributed by atoms with Gasteiger partial charge < -0.3 is 0 Å². The second kappa shape index (κ2) is 6.79. The van der Waals surface area contributed by atoms with Crippen LogP contribution in [0.25, 0.3) is 0 Å². The largest absolute Gasteiger partial charge is 0.298 e. The Kier molecular flexibility index (Phi) is 6.56. The van der Waals surface area contributed by atoms with E-state index in [0.717, 1.165) is 0 Å². The fraction of sp³-hybridized carbons (Fsp3) is 0.889. The topological polar surface area (TPSA) is 12.4 Å². The van der Waals surface area contributed by atoms with Gasteiger partial charge in [-0.05, 0) is 19.8 Å². The maximum Gasteiger partial charge on any atom is 0.0276 e. The molecule has 10 heavy (non-hydrogen) atoms. The summed E-state index contributed by atoms with van der Waals surface area (Å²) in [5.74, 6) is 0. The van der Waals surface area contributed by atoms with Crippen LogP contribution in [0.1, 0.15) is 46.0 Å². The number of rotatable bonds is 5. The van der Waals surface area contributed by atoms with E-state index in [9.17, 15) is 0 Å². The first-order chi connectivity index (χ1) is 4.81. The smallest absolute Gasteiger partial charge is 0.0276 e. The summed E-state index contributed by atoms with van der Waals surface area (Å²) in [4.78, 5) is 4.10. The average Bonchev–Trinajstić information content (AvgIpc) is 1.98. The molecule has 0 heterocycles. The minimum atomic E-state index is 1.19. The molecule has 0 saturated heterocycles. The number of hydrogen-bond acceptors (Lipinski definition) is 1. The Balaban J connectivity index is 3.04. The Morgan fingerprint density at radius 2 is 1.90 bits per heavy atom. The third-order valence-electron chi connectivity index (χ3n) is 1.77. The van der Waals surface area contributed by atoms with Crippen molar-refractivity contribution in [2.24, 2.45) is 4.99 Å². The zero-order valence-electron chi connectivity index (χ0n) is 7.48. The molecular weight excluding hydrogens is 122 g/mol. The fourth-order valence-corrected chi connectivity index (χ4v) is 0.919. The third-order valence-corrected chi connectivity index (χ3v) is 1.77. The third kappa shape index (κ3) is 5.80. The van der Waals surface area contributed by atoms with Crippen molar-refractivity contribution in [1.29, 1.82) is 0 Å². The molecule has 0 aliphatic rings. The summed E-state index contributed by atoms with van der Waals surface area (Å²) in [6.45, 7) is 4.34. The van der Waals surface area contributed by atoms with Crippen LogP contribution in [-0.4, -0.2) is 12.8 Å². The molecule has 1 nitrogen and oxygen atoms in total. The Labute approximate surface area is 64.6 Å². The van der Waals surface area contributed by atoms with Gasteiger partial charge in [0.1, 0.15) is 0 Å². The molecule has 0 aliphatic heterocycles. The molecule has 60 valence electrons. The van der Waals surface area contributed by atoms with Crippen molar-refractivity contribution in [2.45, 2.75) is 46.0 Å². The number of nitrogens with zero attached hydrogens (tertiary/aromatic N) is 1. The Bertz CT molecular complexity index is 94.9. The van der Waals surface area contributed by atoms with Gasteiger partial charge in [0.2, 0.25) is 0 Å². The van der Waals surface area contributed by atoms with Crippen molar-refractivity contribution >= 4 is 5.71 Å². The lowest BCUT2D eigenvalue weighted by atomic mass is 10.1. The summed E-state index contributed by atoms with van der Waals surface area (Å²) in [6, 6.07) is 0. The van der Waals surface area contributed by atoms with Gasteiger partial charge in [-0.15, -0.1) is 0 Å². The van der Waals surface area contributed by atoms with E-state index in [4.69, 9.17) is 0 Å². The van der Waals surface area contributed by atoms with Gasteiger partial charge >= 0.3 is 0 Å². The standard InChI is InChI=1S/C9H19N/c1-4-5-6-7-8-9(2)10-3/h4-8H2,1-3H3. The van der Waals surface area contributed by atoms with Crippen LogP contribution in [0.3, 0.4) is 0 Å². The van der Waals surface area contributed by atoms with Crippen LogP contribution in [0.4, 0.5) is 0 Å². The number of unbranched alkanes of at least 4 members (excludes halogenated alkanes) is 3. The minimum absolute atomic E-state index is 1.19. The number of hydrogen-bond donors (Lipinski definition) is 0. The van der Waals surface area contributed by atoms with E-state index in [1.807, 2.05) is 7.05 Å². The molecule has 0 unspecified atom stereocenters. The Morgan fingerprint density at radius 1 is 1.20 bits per heavy atom. The number of aliphatic imine (C=N–C) groups is 1. The monoisotopic (exact) mass is 141 g/mol. The van der Waals surface area contributed by atoms with Gasteiger partial charge in [-0.25, -0.2) is 0 Å². The molecule has 0 bridgehead atoms. The molecule has 0 N–H and O–H groups in total. The van der Waals surface area contributed by atoms with Gasteiger partial charge in [0.05, 0.1) is 0 Å². The summed E-state index contributed by atoms with van der Waals surface area (Å²) in [6.07, 6.45) is 6.57. The van der Waals surface area contributed by atoms with Crippen molar-refractivity contribution in [3.05, 3.63) is 0 Å². The molecule has 0 fully saturated rings. The van der Waals surface area contributed by atoms with Crippen LogP contribution in [0.2, 0.25) is 0 Å². The summed E-state index contributed by atoms with van der Waals surface area (Å²) < 4.78 is 0. The van der Waals surface area contributed by atoms with Gasteiger partial charge in [0.15, 0.2) is 0 Å². The average molecular weight is 141 g/mol. The lowest BCUT2D eigenvalue weighted by Gasteiger charge is -1.97. The lowest BCUT2D eigenvalue weighted by molar-refractivity contribution is 0.682. The van der Waals surface area contributed by atoms with Crippen molar-refractivity contribution < 1.29 is 0 Å². The molecule has 0 spiro atoms. The SMILES string of the molecule is CCCCCCC(C)=NC. The molecule has 0 rings (SSSR count). The summed E-state index contributed by atoms with van der Waals surface area (Å²) in [7, 11) is 1.87. The quantitative estimate of drug-likeness (QED) is 0.412.